The molecule has 25 heavy (non-hydrogen) atoms. The van der Waals surface area contributed by atoms with Crippen LogP contribution < -0.4 is 15.4 Å². The first-order valence-electron chi connectivity index (χ1n) is 9.38. The lowest BCUT2D eigenvalue weighted by atomic mass is 9.88. The summed E-state index contributed by atoms with van der Waals surface area (Å²) in [6.07, 6.45) is 6.59. The Balaban J connectivity index is 0.00000225. The monoisotopic (exact) mass is 366 g/mol. The normalized spacial score (nSPS) is 19.4. The summed E-state index contributed by atoms with van der Waals surface area (Å²) in [7, 11) is 0. The zero-order valence-electron chi connectivity index (χ0n) is 15.3. The minimum atomic E-state index is 0. The molecule has 0 spiro atoms. The van der Waals surface area contributed by atoms with Gasteiger partial charge >= 0.3 is 0 Å². The lowest BCUT2D eigenvalue weighted by Crippen LogP contribution is -2.48. The van der Waals surface area contributed by atoms with Gasteiger partial charge in [0.05, 0.1) is 6.61 Å². The minimum absolute atomic E-state index is 0. The summed E-state index contributed by atoms with van der Waals surface area (Å²) < 4.78 is 6.08. The van der Waals surface area contributed by atoms with Crippen molar-refractivity contribution in [2.45, 2.75) is 46.0 Å². The van der Waals surface area contributed by atoms with Gasteiger partial charge in [-0.3, -0.25) is 4.79 Å². The van der Waals surface area contributed by atoms with Crippen molar-refractivity contribution in [1.29, 1.82) is 0 Å². The Kier molecular flexibility index (Phi) is 7.57. The molecule has 1 heterocycles. The van der Waals surface area contributed by atoms with Crippen LogP contribution in [-0.2, 0) is 4.79 Å². The maximum Gasteiger partial charge on any atom is 0.227 e. The average Bonchev–Trinajstić information content (AvgIpc) is 2.54. The molecular weight excluding hydrogens is 336 g/mol. The number of nitrogens with one attached hydrogen (secondary N) is 2. The van der Waals surface area contributed by atoms with Crippen LogP contribution in [0.5, 0.6) is 5.75 Å². The van der Waals surface area contributed by atoms with E-state index in [-0.39, 0.29) is 24.2 Å². The van der Waals surface area contributed by atoms with Crippen molar-refractivity contribution in [2.75, 3.05) is 25.0 Å². The number of rotatable bonds is 6. The van der Waals surface area contributed by atoms with Crippen molar-refractivity contribution in [1.82, 2.24) is 5.32 Å². The molecule has 1 aromatic rings. The van der Waals surface area contributed by atoms with Crippen molar-refractivity contribution in [3.63, 3.8) is 0 Å². The molecular formula is C20H31ClN2O2. The Hall–Kier alpha value is -1.26. The molecule has 0 bridgehead atoms. The van der Waals surface area contributed by atoms with E-state index >= 15 is 0 Å². The van der Waals surface area contributed by atoms with Crippen LogP contribution in [0.4, 0.5) is 5.69 Å². The number of ether oxygens (including phenoxy) is 1. The van der Waals surface area contributed by atoms with Gasteiger partial charge in [-0.2, -0.15) is 0 Å². The third kappa shape index (κ3) is 5.35. The van der Waals surface area contributed by atoms with E-state index in [1.165, 1.54) is 32.1 Å². The van der Waals surface area contributed by atoms with Gasteiger partial charge in [0.2, 0.25) is 5.91 Å². The number of amides is 1. The largest absolute Gasteiger partial charge is 0.493 e. The van der Waals surface area contributed by atoms with Gasteiger partial charge in [0.15, 0.2) is 0 Å². The van der Waals surface area contributed by atoms with Crippen molar-refractivity contribution in [3.05, 3.63) is 23.8 Å². The second kappa shape index (κ2) is 9.44. The second-order valence-corrected chi connectivity index (χ2v) is 7.49. The Labute approximate surface area is 157 Å². The van der Waals surface area contributed by atoms with Gasteiger partial charge in [0, 0.05) is 17.7 Å². The first-order valence-corrected chi connectivity index (χ1v) is 9.38. The fourth-order valence-corrected chi connectivity index (χ4v) is 3.53. The molecule has 1 saturated carbocycles. The third-order valence-electron chi connectivity index (χ3n) is 5.59. The van der Waals surface area contributed by atoms with Crippen LogP contribution in [0, 0.1) is 24.7 Å². The topological polar surface area (TPSA) is 50.4 Å². The van der Waals surface area contributed by atoms with E-state index in [9.17, 15) is 4.79 Å². The van der Waals surface area contributed by atoms with Gasteiger partial charge in [-0.25, -0.2) is 0 Å². The molecule has 5 heteroatoms. The van der Waals surface area contributed by atoms with Crippen molar-refractivity contribution < 1.29 is 9.53 Å². The Morgan fingerprint density at radius 2 is 2.00 bits per heavy atom. The van der Waals surface area contributed by atoms with E-state index in [0.29, 0.717) is 11.8 Å². The standard InChI is InChI=1S/C20H30N2O2.ClH/c1-14-8-9-18(22-20(23)15(2)17-11-21-12-17)10-19(14)24-13-16-6-4-3-5-7-16;/h8-10,15-17,21H,3-7,11-13H2,1-2H3,(H,22,23);1H. The van der Waals surface area contributed by atoms with Crippen LogP contribution >= 0.6 is 12.4 Å². The lowest BCUT2D eigenvalue weighted by Gasteiger charge is -2.31. The van der Waals surface area contributed by atoms with E-state index in [2.05, 4.69) is 17.6 Å². The fourth-order valence-electron chi connectivity index (χ4n) is 3.53. The Bertz CT molecular complexity index is 569. The Morgan fingerprint density at radius 3 is 2.64 bits per heavy atom. The average molecular weight is 367 g/mol. The summed E-state index contributed by atoms with van der Waals surface area (Å²) in [6, 6.07) is 5.97. The highest BCUT2D eigenvalue weighted by atomic mass is 35.5. The van der Waals surface area contributed by atoms with Crippen LogP contribution in [0.1, 0.15) is 44.6 Å². The van der Waals surface area contributed by atoms with Crippen LogP contribution in [0.25, 0.3) is 0 Å². The first kappa shape index (κ1) is 20.1. The zero-order valence-corrected chi connectivity index (χ0v) is 16.2. The molecule has 140 valence electrons. The van der Waals surface area contributed by atoms with E-state index in [0.717, 1.165) is 36.7 Å². The Morgan fingerprint density at radius 1 is 1.28 bits per heavy atom. The molecule has 2 aliphatic rings. The molecule has 0 radical (unpaired) electrons. The van der Waals surface area contributed by atoms with Gasteiger partial charge < -0.3 is 15.4 Å². The second-order valence-electron chi connectivity index (χ2n) is 7.49. The van der Waals surface area contributed by atoms with Crippen molar-refractivity contribution >= 4 is 24.0 Å². The van der Waals surface area contributed by atoms with E-state index in [4.69, 9.17) is 4.74 Å². The molecule has 1 atom stereocenters. The zero-order chi connectivity index (χ0) is 16.9. The highest BCUT2D eigenvalue weighted by Gasteiger charge is 2.28. The summed E-state index contributed by atoms with van der Waals surface area (Å²) >= 11 is 0. The number of carbonyl (C=O) groups excluding carboxylic acids is 1. The molecule has 1 unspecified atom stereocenters. The number of hydrogen-bond acceptors (Lipinski definition) is 3. The van der Waals surface area contributed by atoms with Gasteiger partial charge in [0.25, 0.3) is 0 Å². The minimum Gasteiger partial charge on any atom is -0.493 e. The maximum absolute atomic E-state index is 12.4. The lowest BCUT2D eigenvalue weighted by molar-refractivity contribution is -0.121. The van der Waals surface area contributed by atoms with Crippen LogP contribution in [0.3, 0.4) is 0 Å². The van der Waals surface area contributed by atoms with E-state index < -0.39 is 0 Å². The number of carbonyl (C=O) groups is 1. The smallest absolute Gasteiger partial charge is 0.227 e. The molecule has 1 saturated heterocycles. The number of halogens is 1. The molecule has 4 nitrogen and oxygen atoms in total. The fraction of sp³-hybridized carbons (Fsp3) is 0.650. The molecule has 1 aromatic carbocycles. The molecule has 1 amide bonds. The molecule has 3 rings (SSSR count). The molecule has 2 N–H and O–H groups in total. The van der Waals surface area contributed by atoms with Gasteiger partial charge in [-0.05, 0) is 56.3 Å². The predicted octanol–water partition coefficient (Wildman–Crippen LogP) is 4.17. The number of aryl methyl sites for hydroxylation is 1. The van der Waals surface area contributed by atoms with E-state index in [1.807, 2.05) is 25.1 Å². The molecule has 2 fully saturated rings. The van der Waals surface area contributed by atoms with Gasteiger partial charge in [0.1, 0.15) is 5.75 Å². The quantitative estimate of drug-likeness (QED) is 0.794. The summed E-state index contributed by atoms with van der Waals surface area (Å²) in [6.45, 7) is 6.75. The van der Waals surface area contributed by atoms with Crippen LogP contribution in [0.2, 0.25) is 0 Å². The summed E-state index contributed by atoms with van der Waals surface area (Å²) in [5.41, 5.74) is 1.96. The van der Waals surface area contributed by atoms with Crippen LogP contribution in [0.15, 0.2) is 18.2 Å². The maximum atomic E-state index is 12.4. The molecule has 0 aromatic heterocycles. The van der Waals surface area contributed by atoms with Crippen molar-refractivity contribution in [2.24, 2.45) is 17.8 Å². The summed E-state index contributed by atoms with van der Waals surface area (Å²) in [4.78, 5) is 12.4. The number of benzene rings is 1. The van der Waals surface area contributed by atoms with Gasteiger partial charge in [-0.15, -0.1) is 12.4 Å². The van der Waals surface area contributed by atoms with Gasteiger partial charge in [-0.1, -0.05) is 32.3 Å². The SMILES string of the molecule is Cc1ccc(NC(=O)C(C)C2CNC2)cc1OCC1CCCCC1.Cl. The van der Waals surface area contributed by atoms with E-state index in [1.54, 1.807) is 0 Å². The summed E-state index contributed by atoms with van der Waals surface area (Å²) in [5, 5.41) is 6.27. The number of hydrogen-bond donors (Lipinski definition) is 2. The number of anilines is 1. The van der Waals surface area contributed by atoms with Crippen molar-refractivity contribution in [3.8, 4) is 5.75 Å². The predicted molar refractivity (Wildman–Crippen MR) is 105 cm³/mol. The van der Waals surface area contributed by atoms with Crippen LogP contribution in [-0.4, -0.2) is 25.6 Å². The molecule has 1 aliphatic carbocycles. The first-order chi connectivity index (χ1) is 11.6. The third-order valence-corrected chi connectivity index (χ3v) is 5.59. The highest BCUT2D eigenvalue weighted by molar-refractivity contribution is 5.92. The molecule has 1 aliphatic heterocycles. The highest BCUT2D eigenvalue weighted by Crippen LogP contribution is 2.28. The summed E-state index contributed by atoms with van der Waals surface area (Å²) in [5.74, 6) is 2.18.